The van der Waals surface area contributed by atoms with Gasteiger partial charge in [-0.15, -0.1) is 0 Å². The molecule has 0 amide bonds. The Kier molecular flexibility index (Phi) is 7.26. The average Bonchev–Trinajstić information content (AvgIpc) is 2.84. The number of aryl methyl sites for hydroxylation is 3. The monoisotopic (exact) mass is 522 g/mol. The molecule has 0 bridgehead atoms. The van der Waals surface area contributed by atoms with E-state index in [9.17, 15) is 14.4 Å². The van der Waals surface area contributed by atoms with Gasteiger partial charge in [-0.05, 0) is 0 Å². The molecular formula is C29H32O5P2. The standard InChI is InChI=1S/C29H32O5P2/c1-22-5-15-27(16-6-22)36(34-35(30,31)32,28-17-7-23(2)8-18-28,29-19-9-24(3)10-20-29)21-25-11-13-26(33-4)14-12-25/h5-20H,21H2,1-4H3,(H2,30,31,32). The summed E-state index contributed by atoms with van der Waals surface area (Å²) in [4.78, 5) is 21.1. The van der Waals surface area contributed by atoms with Crippen LogP contribution >= 0.6 is 14.7 Å². The third-order valence-corrected chi connectivity index (χ3v) is 14.1. The maximum atomic E-state index is 12.9. The van der Waals surface area contributed by atoms with E-state index in [-0.39, 0.29) is 6.16 Å². The molecular weight excluding hydrogens is 490 g/mol. The second kappa shape index (κ2) is 9.94. The van der Waals surface area contributed by atoms with Crippen molar-refractivity contribution >= 4 is 30.6 Å². The molecule has 7 heteroatoms. The fraction of sp³-hybridized carbons (Fsp3) is 0.172. The van der Waals surface area contributed by atoms with Gasteiger partial charge < -0.3 is 0 Å². The van der Waals surface area contributed by atoms with Gasteiger partial charge in [-0.1, -0.05) is 0 Å². The molecule has 0 aliphatic carbocycles. The molecule has 0 radical (unpaired) electrons. The number of methoxy groups -OCH3 is 1. The van der Waals surface area contributed by atoms with Gasteiger partial charge in [0, 0.05) is 0 Å². The summed E-state index contributed by atoms with van der Waals surface area (Å²) in [6, 6.07) is 31.1. The van der Waals surface area contributed by atoms with Crippen LogP contribution in [0.3, 0.4) is 0 Å². The van der Waals surface area contributed by atoms with E-state index in [1.807, 2.05) is 118 Å². The first-order chi connectivity index (χ1) is 17.0. The second-order valence-electron chi connectivity index (χ2n) is 9.30. The summed E-state index contributed by atoms with van der Waals surface area (Å²) in [6.07, 6.45) is 0.260. The van der Waals surface area contributed by atoms with E-state index in [1.54, 1.807) is 7.11 Å². The zero-order chi connectivity index (χ0) is 26.0. The van der Waals surface area contributed by atoms with Crippen LogP contribution in [0, 0.1) is 20.8 Å². The SMILES string of the molecule is COc1ccc(CP(OP(=O)(O)O)(c2ccc(C)cc2)(c2ccc(C)cc2)c2ccc(C)cc2)cc1. The van der Waals surface area contributed by atoms with Gasteiger partial charge in [-0.25, -0.2) is 0 Å². The Morgan fingerprint density at radius 3 is 1.31 bits per heavy atom. The Morgan fingerprint density at radius 2 is 1.00 bits per heavy atom. The van der Waals surface area contributed by atoms with Crippen LogP contribution in [0.15, 0.2) is 97.1 Å². The van der Waals surface area contributed by atoms with Gasteiger partial charge in [0.05, 0.1) is 0 Å². The fourth-order valence-corrected chi connectivity index (χ4v) is 12.7. The molecule has 0 heterocycles. The molecule has 4 rings (SSSR count). The van der Waals surface area contributed by atoms with Gasteiger partial charge in [0.2, 0.25) is 0 Å². The molecule has 4 aromatic rings. The first kappa shape index (κ1) is 26.3. The van der Waals surface area contributed by atoms with Crippen LogP contribution in [0.5, 0.6) is 5.75 Å². The van der Waals surface area contributed by atoms with Crippen molar-refractivity contribution in [1.29, 1.82) is 0 Å². The zero-order valence-electron chi connectivity index (χ0n) is 21.0. The van der Waals surface area contributed by atoms with Crippen molar-refractivity contribution in [3.05, 3.63) is 119 Å². The molecule has 36 heavy (non-hydrogen) atoms. The molecule has 4 aromatic carbocycles. The van der Waals surface area contributed by atoms with Gasteiger partial charge >= 0.3 is 213 Å². The van der Waals surface area contributed by atoms with Gasteiger partial charge in [0.15, 0.2) is 0 Å². The van der Waals surface area contributed by atoms with E-state index >= 15 is 0 Å². The third kappa shape index (κ3) is 4.91. The van der Waals surface area contributed by atoms with Gasteiger partial charge in [0.1, 0.15) is 0 Å². The summed E-state index contributed by atoms with van der Waals surface area (Å²) >= 11 is 0. The van der Waals surface area contributed by atoms with E-state index < -0.39 is 14.7 Å². The van der Waals surface area contributed by atoms with Crippen molar-refractivity contribution < 1.29 is 23.4 Å². The Morgan fingerprint density at radius 1 is 0.639 bits per heavy atom. The Labute approximate surface area is 213 Å². The van der Waals surface area contributed by atoms with Crippen LogP contribution in [-0.2, 0) is 15.0 Å². The van der Waals surface area contributed by atoms with Crippen molar-refractivity contribution in [3.8, 4) is 5.75 Å². The molecule has 0 aliphatic rings. The van der Waals surface area contributed by atoms with Crippen LogP contribution < -0.4 is 20.7 Å². The topological polar surface area (TPSA) is 76.0 Å². The first-order valence-electron chi connectivity index (χ1n) is 11.7. The molecule has 0 fully saturated rings. The summed E-state index contributed by atoms with van der Waals surface area (Å²) in [5, 5.41) is 2.25. The molecule has 0 unspecified atom stereocenters. The molecule has 0 spiro atoms. The van der Waals surface area contributed by atoms with Gasteiger partial charge in [-0.2, -0.15) is 0 Å². The normalized spacial score (nSPS) is 13.1. The molecule has 0 atom stereocenters. The number of hydrogen-bond donors (Lipinski definition) is 2. The molecule has 2 N–H and O–H groups in total. The summed E-state index contributed by atoms with van der Waals surface area (Å²) in [6.45, 7) is 1.69. The zero-order valence-corrected chi connectivity index (χ0v) is 22.7. The van der Waals surface area contributed by atoms with Crippen LogP contribution in [0.1, 0.15) is 22.3 Å². The van der Waals surface area contributed by atoms with E-state index in [4.69, 9.17) is 9.05 Å². The maximum absolute atomic E-state index is 12.9. The molecule has 5 nitrogen and oxygen atoms in total. The van der Waals surface area contributed by atoms with E-state index in [0.29, 0.717) is 5.75 Å². The second-order valence-corrected chi connectivity index (χ2v) is 15.2. The van der Waals surface area contributed by atoms with Crippen molar-refractivity contribution in [3.63, 3.8) is 0 Å². The van der Waals surface area contributed by atoms with Crippen molar-refractivity contribution in [2.24, 2.45) is 0 Å². The Bertz CT molecular complexity index is 1260. The van der Waals surface area contributed by atoms with E-state index in [0.717, 1.165) is 38.2 Å². The van der Waals surface area contributed by atoms with Crippen molar-refractivity contribution in [1.82, 2.24) is 0 Å². The number of rotatable bonds is 8. The van der Waals surface area contributed by atoms with Crippen LogP contribution in [0.2, 0.25) is 0 Å². The van der Waals surface area contributed by atoms with Gasteiger partial charge in [0.25, 0.3) is 0 Å². The average molecular weight is 523 g/mol. The number of hydrogen-bond acceptors (Lipinski definition) is 3. The quantitative estimate of drug-likeness (QED) is 0.292. The fourth-order valence-electron chi connectivity index (χ4n) is 4.79. The summed E-state index contributed by atoms with van der Waals surface area (Å²) < 4.78 is 24.6. The number of ether oxygens (including phenoxy) is 1. The molecule has 0 saturated heterocycles. The van der Waals surface area contributed by atoms with Gasteiger partial charge in [-0.3, -0.25) is 0 Å². The van der Waals surface area contributed by atoms with E-state index in [2.05, 4.69) is 0 Å². The molecule has 0 aromatic heterocycles. The molecule has 0 aliphatic heterocycles. The summed E-state index contributed by atoms with van der Waals surface area (Å²) in [5.41, 5.74) is 4.01. The number of phosphoric acid groups is 1. The van der Waals surface area contributed by atoms with Crippen molar-refractivity contribution in [2.75, 3.05) is 7.11 Å². The molecule has 0 saturated carbocycles. The number of benzene rings is 4. The summed E-state index contributed by atoms with van der Waals surface area (Å²) in [7, 11) is -3.40. The Balaban J connectivity index is 2.20. The van der Waals surface area contributed by atoms with Crippen LogP contribution in [0.25, 0.3) is 0 Å². The summed E-state index contributed by atoms with van der Waals surface area (Å²) in [5.74, 6) is 0.705. The van der Waals surface area contributed by atoms with Crippen LogP contribution in [-0.4, -0.2) is 16.9 Å². The van der Waals surface area contributed by atoms with E-state index in [1.165, 1.54) is 0 Å². The first-order valence-corrected chi connectivity index (χ1v) is 15.6. The van der Waals surface area contributed by atoms with Crippen molar-refractivity contribution in [2.45, 2.75) is 26.9 Å². The minimum absolute atomic E-state index is 0.260. The molecule has 188 valence electrons. The predicted octanol–water partition coefficient (Wildman–Crippen LogP) is 5.67. The predicted molar refractivity (Wildman–Crippen MR) is 149 cm³/mol. The third-order valence-electron chi connectivity index (χ3n) is 6.67. The van der Waals surface area contributed by atoms with Crippen LogP contribution in [0.4, 0.5) is 0 Å². The Hall–Kier alpha value is -2.78. The minimum atomic E-state index is -5.00.